The van der Waals surface area contributed by atoms with Crippen LogP contribution < -0.4 is 5.73 Å². The second kappa shape index (κ2) is 7.20. The van der Waals surface area contributed by atoms with E-state index in [4.69, 9.17) is 10.9 Å². The van der Waals surface area contributed by atoms with Crippen LogP contribution in [0.25, 0.3) is 0 Å². The first-order valence-corrected chi connectivity index (χ1v) is 7.83. The maximum absolute atomic E-state index is 12.3. The predicted octanol–water partition coefficient (Wildman–Crippen LogP) is 0.411. The molecule has 0 unspecified atom stereocenters. The first-order valence-electron chi connectivity index (χ1n) is 6.22. The summed E-state index contributed by atoms with van der Waals surface area (Å²) in [5, 5.41) is 11.4. The molecule has 0 spiro atoms. The van der Waals surface area contributed by atoms with Crippen molar-refractivity contribution in [2.75, 3.05) is 12.3 Å². The van der Waals surface area contributed by atoms with Gasteiger partial charge in [0.1, 0.15) is 0 Å². The minimum atomic E-state index is -3.50. The lowest BCUT2D eigenvalue weighted by Crippen LogP contribution is -2.44. The normalized spacial score (nSPS) is 13.1. The molecule has 0 saturated heterocycles. The molecule has 0 radical (unpaired) electrons. The zero-order chi connectivity index (χ0) is 15.2. The van der Waals surface area contributed by atoms with E-state index in [9.17, 15) is 8.42 Å². The number of nitrogens with two attached hydrogens (primary N) is 1. The van der Waals surface area contributed by atoms with Crippen LogP contribution in [0, 0.1) is 0 Å². The second-order valence-electron chi connectivity index (χ2n) is 4.62. The van der Waals surface area contributed by atoms with Crippen LogP contribution in [0.4, 0.5) is 0 Å². The van der Waals surface area contributed by atoms with Crippen molar-refractivity contribution in [3.8, 4) is 0 Å². The third-order valence-corrected chi connectivity index (χ3v) is 4.71. The average Bonchev–Trinajstić information content (AvgIpc) is 2.43. The Balaban J connectivity index is 2.78. The van der Waals surface area contributed by atoms with Crippen LogP contribution in [0.2, 0.25) is 0 Å². The third kappa shape index (κ3) is 4.78. The Morgan fingerprint density at radius 1 is 1.50 bits per heavy atom. The second-order valence-corrected chi connectivity index (χ2v) is 6.66. The van der Waals surface area contributed by atoms with E-state index in [-0.39, 0.29) is 24.2 Å². The summed E-state index contributed by atoms with van der Waals surface area (Å²) in [6, 6.07) is 5.09. The molecular formula is C12H20N4O3S. The van der Waals surface area contributed by atoms with E-state index in [0.717, 1.165) is 0 Å². The molecule has 8 heteroatoms. The number of aromatic nitrogens is 1. The first kappa shape index (κ1) is 16.4. The summed E-state index contributed by atoms with van der Waals surface area (Å²) in [6.45, 7) is 3.35. The van der Waals surface area contributed by atoms with E-state index < -0.39 is 10.0 Å². The van der Waals surface area contributed by atoms with Gasteiger partial charge < -0.3 is 10.9 Å². The molecule has 112 valence electrons. The number of rotatable bonds is 7. The number of nitrogens with zero attached hydrogens (tertiary/aromatic N) is 3. The Morgan fingerprint density at radius 3 is 2.70 bits per heavy atom. The molecule has 0 aliphatic rings. The number of hydrogen-bond acceptors (Lipinski definition) is 5. The molecule has 0 aromatic carbocycles. The Morgan fingerprint density at radius 2 is 2.20 bits per heavy atom. The van der Waals surface area contributed by atoms with Crippen LogP contribution in [-0.4, -0.2) is 47.1 Å². The van der Waals surface area contributed by atoms with E-state index in [0.29, 0.717) is 12.1 Å². The quantitative estimate of drug-likeness (QED) is 0.328. The summed E-state index contributed by atoms with van der Waals surface area (Å²) < 4.78 is 25.8. The number of pyridine rings is 1. The zero-order valence-corrected chi connectivity index (χ0v) is 12.4. The van der Waals surface area contributed by atoms with Crippen LogP contribution in [0.1, 0.15) is 19.5 Å². The van der Waals surface area contributed by atoms with Gasteiger partial charge in [-0.25, -0.2) is 8.42 Å². The minimum Gasteiger partial charge on any atom is -0.409 e. The van der Waals surface area contributed by atoms with Crippen molar-refractivity contribution in [3.05, 3.63) is 30.1 Å². The molecule has 3 N–H and O–H groups in total. The van der Waals surface area contributed by atoms with Crippen LogP contribution in [0.15, 0.2) is 29.6 Å². The Bertz CT molecular complexity index is 543. The molecule has 0 aliphatic heterocycles. The number of aryl methyl sites for hydroxylation is 1. The smallest absolute Gasteiger partial charge is 0.215 e. The summed E-state index contributed by atoms with van der Waals surface area (Å²) in [6.07, 6.45) is 1.95. The first-order chi connectivity index (χ1) is 9.36. The minimum absolute atomic E-state index is 0.0685. The lowest BCUT2D eigenvalue weighted by molar-refractivity contribution is 0.312. The van der Waals surface area contributed by atoms with Gasteiger partial charge in [0.25, 0.3) is 0 Å². The third-order valence-electron chi connectivity index (χ3n) is 2.72. The molecule has 0 aliphatic carbocycles. The molecule has 1 heterocycles. The van der Waals surface area contributed by atoms with Gasteiger partial charge in [-0.2, -0.15) is 4.31 Å². The molecule has 1 aromatic heterocycles. The van der Waals surface area contributed by atoms with Crippen molar-refractivity contribution in [2.45, 2.75) is 26.3 Å². The molecule has 1 aromatic rings. The van der Waals surface area contributed by atoms with Gasteiger partial charge in [-0.05, 0) is 26.0 Å². The van der Waals surface area contributed by atoms with E-state index in [1.807, 2.05) is 6.07 Å². The summed E-state index contributed by atoms with van der Waals surface area (Å²) >= 11 is 0. The summed E-state index contributed by atoms with van der Waals surface area (Å²) in [5.74, 6) is -0.207. The molecular weight excluding hydrogens is 280 g/mol. The van der Waals surface area contributed by atoms with Crippen molar-refractivity contribution in [1.82, 2.24) is 9.29 Å². The van der Waals surface area contributed by atoms with Gasteiger partial charge >= 0.3 is 0 Å². The van der Waals surface area contributed by atoms with Crippen LogP contribution in [-0.2, 0) is 16.4 Å². The molecule has 0 amide bonds. The molecule has 1 rings (SSSR count). The standard InChI is InChI=1S/C12H20N4O3S/c1-10(2)16(9-12(13)15-17)20(18,19)8-6-11-5-3-4-7-14-11/h3-5,7,10,17H,6,8-9H2,1-2H3,(H2,13,15). The summed E-state index contributed by atoms with van der Waals surface area (Å²) in [5.41, 5.74) is 6.11. The highest BCUT2D eigenvalue weighted by Crippen LogP contribution is 2.09. The molecule has 0 atom stereocenters. The van der Waals surface area contributed by atoms with E-state index in [2.05, 4.69) is 10.1 Å². The van der Waals surface area contributed by atoms with Gasteiger partial charge in [-0.15, -0.1) is 0 Å². The fourth-order valence-corrected chi connectivity index (χ4v) is 3.36. The van der Waals surface area contributed by atoms with Crippen molar-refractivity contribution in [1.29, 1.82) is 0 Å². The van der Waals surface area contributed by atoms with Gasteiger partial charge in [-0.3, -0.25) is 4.98 Å². The lowest BCUT2D eigenvalue weighted by atomic mass is 10.3. The van der Waals surface area contributed by atoms with Crippen molar-refractivity contribution in [2.24, 2.45) is 10.9 Å². The largest absolute Gasteiger partial charge is 0.409 e. The molecule has 20 heavy (non-hydrogen) atoms. The van der Waals surface area contributed by atoms with Gasteiger partial charge in [0.15, 0.2) is 5.84 Å². The molecule has 7 nitrogen and oxygen atoms in total. The Labute approximate surface area is 119 Å². The summed E-state index contributed by atoms with van der Waals surface area (Å²) in [7, 11) is -3.50. The fourth-order valence-electron chi connectivity index (χ4n) is 1.69. The Kier molecular flexibility index (Phi) is 5.90. The van der Waals surface area contributed by atoms with E-state index in [1.165, 1.54) is 4.31 Å². The highest BCUT2D eigenvalue weighted by atomic mass is 32.2. The predicted molar refractivity (Wildman–Crippen MR) is 77.0 cm³/mol. The van der Waals surface area contributed by atoms with E-state index >= 15 is 0 Å². The number of hydrogen-bond donors (Lipinski definition) is 2. The van der Waals surface area contributed by atoms with Crippen LogP contribution in [0.5, 0.6) is 0 Å². The number of sulfonamides is 1. The lowest BCUT2D eigenvalue weighted by Gasteiger charge is -2.25. The Hall–Kier alpha value is -1.67. The van der Waals surface area contributed by atoms with Gasteiger partial charge in [0, 0.05) is 24.4 Å². The highest BCUT2D eigenvalue weighted by Gasteiger charge is 2.25. The molecule has 0 fully saturated rings. The van der Waals surface area contributed by atoms with E-state index in [1.54, 1.807) is 32.2 Å². The van der Waals surface area contributed by atoms with Crippen molar-refractivity contribution in [3.63, 3.8) is 0 Å². The maximum atomic E-state index is 12.3. The molecule has 0 saturated carbocycles. The highest BCUT2D eigenvalue weighted by molar-refractivity contribution is 7.89. The van der Waals surface area contributed by atoms with Crippen LogP contribution >= 0.6 is 0 Å². The maximum Gasteiger partial charge on any atom is 0.215 e. The van der Waals surface area contributed by atoms with Gasteiger partial charge in [-0.1, -0.05) is 11.2 Å². The van der Waals surface area contributed by atoms with Gasteiger partial charge in [0.05, 0.1) is 12.3 Å². The zero-order valence-electron chi connectivity index (χ0n) is 11.6. The molecule has 0 bridgehead atoms. The topological polar surface area (TPSA) is 109 Å². The van der Waals surface area contributed by atoms with Gasteiger partial charge in [0.2, 0.25) is 10.0 Å². The fraction of sp³-hybridized carbons (Fsp3) is 0.500. The number of oxime groups is 1. The summed E-state index contributed by atoms with van der Waals surface area (Å²) in [4.78, 5) is 4.09. The van der Waals surface area contributed by atoms with Crippen molar-refractivity contribution >= 4 is 15.9 Å². The SMILES string of the molecule is CC(C)N(CC(N)=NO)S(=O)(=O)CCc1ccccn1. The van der Waals surface area contributed by atoms with Crippen molar-refractivity contribution < 1.29 is 13.6 Å². The average molecular weight is 300 g/mol. The monoisotopic (exact) mass is 300 g/mol. The van der Waals surface area contributed by atoms with Crippen LogP contribution in [0.3, 0.4) is 0 Å². The number of amidine groups is 1.